The molecule has 0 rings (SSSR count). The Labute approximate surface area is 144 Å². The van der Waals surface area contributed by atoms with E-state index >= 15 is 0 Å². The van der Waals surface area contributed by atoms with Gasteiger partial charge in [0.15, 0.2) is 5.96 Å². The Hall–Kier alpha value is -0.180. The number of carbonyl (C=O) groups excluding carboxylic acids is 1. The molecule has 5 nitrogen and oxygen atoms in total. The molecule has 0 aliphatic heterocycles. The zero-order valence-corrected chi connectivity index (χ0v) is 16.0. The second-order valence-corrected chi connectivity index (χ2v) is 5.26. The highest BCUT2D eigenvalue weighted by Crippen LogP contribution is 1.99. The quantitative estimate of drug-likeness (QED) is 0.198. The predicted octanol–water partition coefficient (Wildman–Crippen LogP) is 2.11. The molecule has 2 N–H and O–H groups in total. The molecule has 7 heteroatoms. The highest BCUT2D eigenvalue weighted by atomic mass is 127. The largest absolute Gasteiger partial charge is 0.469 e. The molecule has 0 spiro atoms. The number of guanidine groups is 1. The monoisotopic (exact) mass is 417 g/mol. The Bertz CT molecular complexity index is 278. The third-order valence-electron chi connectivity index (χ3n) is 2.54. The summed E-state index contributed by atoms with van der Waals surface area (Å²) in [4.78, 5) is 15.7. The van der Waals surface area contributed by atoms with Crippen molar-refractivity contribution in [2.45, 2.75) is 26.7 Å². The molecule has 1 atom stereocenters. The number of unbranched alkanes of at least 4 members (excludes halogenated alkanes) is 1. The fourth-order valence-electron chi connectivity index (χ4n) is 1.42. The zero-order valence-electron chi connectivity index (χ0n) is 12.9. The normalized spacial score (nSPS) is 12.3. The van der Waals surface area contributed by atoms with Gasteiger partial charge in [-0.25, -0.2) is 0 Å². The Morgan fingerprint density at radius 3 is 2.60 bits per heavy atom. The maximum absolute atomic E-state index is 11.3. The van der Waals surface area contributed by atoms with Crippen LogP contribution in [0, 0.1) is 5.92 Å². The number of methoxy groups -OCH3 is 1. The number of esters is 1. The molecular weight excluding hydrogens is 389 g/mol. The minimum Gasteiger partial charge on any atom is -0.469 e. The number of rotatable bonds is 9. The van der Waals surface area contributed by atoms with Gasteiger partial charge >= 0.3 is 5.97 Å². The van der Waals surface area contributed by atoms with Crippen LogP contribution in [0.4, 0.5) is 0 Å². The van der Waals surface area contributed by atoms with E-state index in [9.17, 15) is 4.79 Å². The fourth-order valence-corrected chi connectivity index (χ4v) is 1.92. The second-order valence-electron chi connectivity index (χ2n) is 4.27. The first kappa shape index (κ1) is 22.1. The van der Waals surface area contributed by atoms with Gasteiger partial charge in [0.25, 0.3) is 0 Å². The Morgan fingerprint density at radius 1 is 1.35 bits per heavy atom. The molecule has 0 bridgehead atoms. The molecule has 0 aliphatic carbocycles. The van der Waals surface area contributed by atoms with Crippen molar-refractivity contribution in [1.29, 1.82) is 0 Å². The standard InChI is InChI=1S/C13H27N3O2S.HI/c1-5-14-13(15-8-6-7-9-19-4)16-10-11(2)12(17)18-3;/h11H,5-10H2,1-4H3,(H2,14,15,16);1H. The number of hydrogen-bond acceptors (Lipinski definition) is 4. The van der Waals surface area contributed by atoms with E-state index in [1.807, 2.05) is 25.6 Å². The summed E-state index contributed by atoms with van der Waals surface area (Å²) in [5, 5.41) is 6.44. The van der Waals surface area contributed by atoms with Crippen LogP contribution in [0.5, 0.6) is 0 Å². The van der Waals surface area contributed by atoms with E-state index in [-0.39, 0.29) is 35.9 Å². The lowest BCUT2D eigenvalue weighted by molar-refractivity contribution is -0.144. The van der Waals surface area contributed by atoms with Crippen LogP contribution in [-0.4, -0.2) is 50.7 Å². The number of ether oxygens (including phenoxy) is 1. The van der Waals surface area contributed by atoms with Crippen molar-refractivity contribution in [3.8, 4) is 0 Å². The first-order valence-electron chi connectivity index (χ1n) is 6.74. The molecule has 0 saturated carbocycles. The van der Waals surface area contributed by atoms with E-state index in [0.717, 1.165) is 25.5 Å². The van der Waals surface area contributed by atoms with Gasteiger partial charge in [-0.2, -0.15) is 11.8 Å². The minimum absolute atomic E-state index is 0. The van der Waals surface area contributed by atoms with Crippen LogP contribution < -0.4 is 10.6 Å². The summed E-state index contributed by atoms with van der Waals surface area (Å²) in [6.45, 7) is 5.99. The summed E-state index contributed by atoms with van der Waals surface area (Å²) in [5.74, 6) is 1.52. The highest BCUT2D eigenvalue weighted by molar-refractivity contribution is 14.0. The number of nitrogens with one attached hydrogen (secondary N) is 2. The summed E-state index contributed by atoms with van der Waals surface area (Å²) in [7, 11) is 1.40. The van der Waals surface area contributed by atoms with Gasteiger partial charge in [0, 0.05) is 13.1 Å². The van der Waals surface area contributed by atoms with Crippen LogP contribution in [0.3, 0.4) is 0 Å². The Kier molecular flexibility index (Phi) is 16.8. The first-order chi connectivity index (χ1) is 9.15. The van der Waals surface area contributed by atoms with Crippen molar-refractivity contribution in [1.82, 2.24) is 10.6 Å². The molecule has 0 fully saturated rings. The van der Waals surface area contributed by atoms with E-state index in [0.29, 0.717) is 6.54 Å². The van der Waals surface area contributed by atoms with Crippen LogP contribution in [-0.2, 0) is 9.53 Å². The van der Waals surface area contributed by atoms with E-state index < -0.39 is 0 Å². The molecule has 0 amide bonds. The van der Waals surface area contributed by atoms with Crippen molar-refractivity contribution < 1.29 is 9.53 Å². The number of carbonyl (C=O) groups is 1. The summed E-state index contributed by atoms with van der Waals surface area (Å²) < 4.78 is 4.68. The molecule has 0 aromatic rings. The van der Waals surface area contributed by atoms with Crippen molar-refractivity contribution in [2.24, 2.45) is 10.9 Å². The summed E-state index contributed by atoms with van der Waals surface area (Å²) in [6.07, 6.45) is 4.44. The van der Waals surface area contributed by atoms with Crippen LogP contribution in [0.1, 0.15) is 26.7 Å². The van der Waals surface area contributed by atoms with Crippen molar-refractivity contribution in [2.75, 3.05) is 38.8 Å². The SMILES string of the molecule is CCNC(=NCC(C)C(=O)OC)NCCCCSC.I. The lowest BCUT2D eigenvalue weighted by atomic mass is 10.2. The molecule has 120 valence electrons. The lowest BCUT2D eigenvalue weighted by Gasteiger charge is -2.12. The Morgan fingerprint density at radius 2 is 2.05 bits per heavy atom. The van der Waals surface area contributed by atoms with Crippen molar-refractivity contribution >= 4 is 47.7 Å². The average Bonchev–Trinajstić information content (AvgIpc) is 2.43. The van der Waals surface area contributed by atoms with Gasteiger partial charge in [-0.15, -0.1) is 24.0 Å². The molecule has 0 aliphatic rings. The Balaban J connectivity index is 0. The third kappa shape index (κ3) is 11.6. The van der Waals surface area contributed by atoms with Crippen molar-refractivity contribution in [3.63, 3.8) is 0 Å². The fraction of sp³-hybridized carbons (Fsp3) is 0.846. The number of aliphatic imine (C=N–C) groups is 1. The van der Waals surface area contributed by atoms with E-state index in [4.69, 9.17) is 0 Å². The minimum atomic E-state index is -0.223. The maximum Gasteiger partial charge on any atom is 0.310 e. The molecule has 0 aromatic heterocycles. The number of nitrogens with zero attached hydrogens (tertiary/aromatic N) is 1. The van der Waals surface area contributed by atoms with Gasteiger partial charge in [0.1, 0.15) is 0 Å². The predicted molar refractivity (Wildman–Crippen MR) is 98.2 cm³/mol. The summed E-state index contributed by atoms with van der Waals surface area (Å²) >= 11 is 1.87. The molecule has 0 aromatic carbocycles. The van der Waals surface area contributed by atoms with Gasteiger partial charge in [-0.1, -0.05) is 6.92 Å². The van der Waals surface area contributed by atoms with Gasteiger partial charge in [0.2, 0.25) is 0 Å². The molecule has 0 heterocycles. The number of hydrogen-bond donors (Lipinski definition) is 2. The molecule has 1 unspecified atom stereocenters. The zero-order chi connectivity index (χ0) is 14.5. The van der Waals surface area contributed by atoms with Gasteiger partial charge < -0.3 is 15.4 Å². The van der Waals surface area contributed by atoms with Crippen LogP contribution in [0.15, 0.2) is 4.99 Å². The lowest BCUT2D eigenvalue weighted by Crippen LogP contribution is -2.38. The van der Waals surface area contributed by atoms with Crippen molar-refractivity contribution in [3.05, 3.63) is 0 Å². The smallest absolute Gasteiger partial charge is 0.310 e. The highest BCUT2D eigenvalue weighted by Gasteiger charge is 2.12. The van der Waals surface area contributed by atoms with E-state index in [1.165, 1.54) is 19.3 Å². The molecule has 0 saturated heterocycles. The second kappa shape index (κ2) is 15.2. The maximum atomic E-state index is 11.3. The average molecular weight is 417 g/mol. The molecule has 0 radical (unpaired) electrons. The number of halogens is 1. The van der Waals surface area contributed by atoms with Crippen LogP contribution in [0.25, 0.3) is 0 Å². The van der Waals surface area contributed by atoms with Gasteiger partial charge in [0.05, 0.1) is 19.6 Å². The summed E-state index contributed by atoms with van der Waals surface area (Å²) in [6, 6.07) is 0. The van der Waals surface area contributed by atoms with E-state index in [1.54, 1.807) is 0 Å². The summed E-state index contributed by atoms with van der Waals surface area (Å²) in [5.41, 5.74) is 0. The first-order valence-corrected chi connectivity index (χ1v) is 8.14. The molecular formula is C13H28IN3O2S. The topological polar surface area (TPSA) is 62.7 Å². The molecule has 20 heavy (non-hydrogen) atoms. The van der Waals surface area contributed by atoms with Gasteiger partial charge in [-0.3, -0.25) is 9.79 Å². The van der Waals surface area contributed by atoms with Gasteiger partial charge in [-0.05, 0) is 31.8 Å². The van der Waals surface area contributed by atoms with Crippen LogP contribution >= 0.6 is 35.7 Å². The third-order valence-corrected chi connectivity index (χ3v) is 3.24. The van der Waals surface area contributed by atoms with Crippen LogP contribution in [0.2, 0.25) is 0 Å². The van der Waals surface area contributed by atoms with E-state index in [2.05, 4.69) is 26.6 Å². The number of thioether (sulfide) groups is 1.